The number of carboxylic acids is 1. The zero-order valence-corrected chi connectivity index (χ0v) is 13.2. The molecule has 21 heavy (non-hydrogen) atoms. The summed E-state index contributed by atoms with van der Waals surface area (Å²) in [6.45, 7) is 9.41. The molecule has 0 aromatic rings. The van der Waals surface area contributed by atoms with Crippen LogP contribution in [0.3, 0.4) is 0 Å². The molecule has 2 heterocycles. The lowest BCUT2D eigenvalue weighted by atomic mass is 9.80. The van der Waals surface area contributed by atoms with Gasteiger partial charge in [0, 0.05) is 19.6 Å². The molecule has 0 aromatic heterocycles. The van der Waals surface area contributed by atoms with E-state index in [9.17, 15) is 9.59 Å². The van der Waals surface area contributed by atoms with Gasteiger partial charge in [-0.05, 0) is 17.8 Å². The number of morpholine rings is 1. The molecule has 2 rings (SSSR count). The molecule has 120 valence electrons. The molecule has 0 aliphatic carbocycles. The first-order valence-corrected chi connectivity index (χ1v) is 7.64. The fourth-order valence-electron chi connectivity index (χ4n) is 3.10. The molecule has 6 heteroatoms. The van der Waals surface area contributed by atoms with E-state index >= 15 is 0 Å². The van der Waals surface area contributed by atoms with Gasteiger partial charge in [-0.15, -0.1) is 0 Å². The number of carboxylic acid groups (broad SMARTS) is 1. The third kappa shape index (κ3) is 3.87. The molecule has 1 N–H and O–H groups in total. The Balaban J connectivity index is 1.99. The number of hydrogen-bond donors (Lipinski definition) is 1. The average Bonchev–Trinajstić information content (AvgIpc) is 2.87. The molecule has 2 amide bonds. The van der Waals surface area contributed by atoms with E-state index < -0.39 is 5.97 Å². The van der Waals surface area contributed by atoms with Crippen LogP contribution in [-0.2, 0) is 9.53 Å². The first-order valence-electron chi connectivity index (χ1n) is 7.64. The first-order chi connectivity index (χ1) is 9.79. The average molecular weight is 298 g/mol. The summed E-state index contributed by atoms with van der Waals surface area (Å²) in [4.78, 5) is 27.2. The van der Waals surface area contributed by atoms with Gasteiger partial charge in [-0.2, -0.15) is 0 Å². The summed E-state index contributed by atoms with van der Waals surface area (Å²) in [6, 6.07) is -0.381. The second-order valence-electron chi connectivity index (χ2n) is 7.10. The predicted octanol–water partition coefficient (Wildman–Crippen LogP) is 1.65. The van der Waals surface area contributed by atoms with E-state index in [2.05, 4.69) is 20.8 Å². The van der Waals surface area contributed by atoms with Crippen LogP contribution in [0.4, 0.5) is 4.79 Å². The Labute approximate surface area is 126 Å². The van der Waals surface area contributed by atoms with E-state index in [1.165, 1.54) is 0 Å². The standard InChI is InChI=1S/C15H26N2O4/c1-15(2,3)11-4-5-16(9-11)14(20)17-6-7-21-10-12(17)8-13(18)19/h11-12H,4-10H2,1-3H3,(H,18,19). The summed E-state index contributed by atoms with van der Waals surface area (Å²) in [6.07, 6.45) is 0.964. The number of rotatable bonds is 2. The van der Waals surface area contributed by atoms with E-state index in [4.69, 9.17) is 9.84 Å². The van der Waals surface area contributed by atoms with Crippen molar-refractivity contribution in [2.45, 2.75) is 39.7 Å². The highest BCUT2D eigenvalue weighted by Crippen LogP contribution is 2.34. The Bertz CT molecular complexity index is 405. The molecule has 2 saturated heterocycles. The lowest BCUT2D eigenvalue weighted by Gasteiger charge is -2.37. The van der Waals surface area contributed by atoms with Gasteiger partial charge in [0.1, 0.15) is 0 Å². The Morgan fingerprint density at radius 1 is 1.29 bits per heavy atom. The second-order valence-corrected chi connectivity index (χ2v) is 7.10. The van der Waals surface area contributed by atoms with Crippen molar-refractivity contribution in [1.29, 1.82) is 0 Å². The quantitative estimate of drug-likeness (QED) is 0.841. The molecule has 2 aliphatic rings. The van der Waals surface area contributed by atoms with Crippen LogP contribution in [-0.4, -0.2) is 65.8 Å². The predicted molar refractivity (Wildman–Crippen MR) is 78.1 cm³/mol. The van der Waals surface area contributed by atoms with E-state index in [1.807, 2.05) is 4.90 Å². The number of hydrogen-bond acceptors (Lipinski definition) is 3. The maximum Gasteiger partial charge on any atom is 0.320 e. The van der Waals surface area contributed by atoms with Crippen LogP contribution in [0.2, 0.25) is 0 Å². The van der Waals surface area contributed by atoms with Crippen molar-refractivity contribution in [1.82, 2.24) is 9.80 Å². The van der Waals surface area contributed by atoms with E-state index in [-0.39, 0.29) is 23.9 Å². The Morgan fingerprint density at radius 3 is 2.57 bits per heavy atom. The van der Waals surface area contributed by atoms with E-state index in [0.717, 1.165) is 19.5 Å². The zero-order chi connectivity index (χ0) is 15.6. The minimum atomic E-state index is -0.891. The Hall–Kier alpha value is -1.30. The minimum absolute atomic E-state index is 0.0312. The van der Waals surface area contributed by atoms with Gasteiger partial charge in [0.2, 0.25) is 0 Å². The highest BCUT2D eigenvalue weighted by molar-refractivity contribution is 5.76. The maximum atomic E-state index is 12.7. The number of likely N-dealkylation sites (tertiary alicyclic amines) is 1. The van der Waals surface area contributed by atoms with E-state index in [1.54, 1.807) is 4.90 Å². The molecule has 2 unspecified atom stereocenters. The van der Waals surface area contributed by atoms with Crippen molar-refractivity contribution in [3.8, 4) is 0 Å². The monoisotopic (exact) mass is 298 g/mol. The summed E-state index contributed by atoms with van der Waals surface area (Å²) in [5, 5.41) is 8.97. The highest BCUT2D eigenvalue weighted by Gasteiger charge is 2.38. The molecular formula is C15H26N2O4. The fraction of sp³-hybridized carbons (Fsp3) is 0.867. The molecule has 0 bridgehead atoms. The molecule has 6 nitrogen and oxygen atoms in total. The number of carbonyl (C=O) groups is 2. The number of aliphatic carboxylic acids is 1. The lowest BCUT2D eigenvalue weighted by Crippen LogP contribution is -2.54. The molecule has 0 radical (unpaired) electrons. The number of urea groups is 1. The third-order valence-electron chi connectivity index (χ3n) is 4.57. The fourth-order valence-corrected chi connectivity index (χ4v) is 3.10. The topological polar surface area (TPSA) is 70.1 Å². The van der Waals surface area contributed by atoms with Crippen LogP contribution in [0.5, 0.6) is 0 Å². The Kier molecular flexibility index (Phi) is 4.76. The minimum Gasteiger partial charge on any atom is -0.481 e. The second kappa shape index (κ2) is 6.22. The highest BCUT2D eigenvalue weighted by atomic mass is 16.5. The molecule has 0 aromatic carbocycles. The van der Waals surface area contributed by atoms with Gasteiger partial charge >= 0.3 is 12.0 Å². The van der Waals surface area contributed by atoms with Crippen LogP contribution in [0.1, 0.15) is 33.6 Å². The first kappa shape index (κ1) is 16.1. The van der Waals surface area contributed by atoms with Crippen molar-refractivity contribution in [2.24, 2.45) is 11.3 Å². The van der Waals surface area contributed by atoms with Crippen molar-refractivity contribution in [3.05, 3.63) is 0 Å². The molecule has 2 fully saturated rings. The van der Waals surface area contributed by atoms with Crippen LogP contribution < -0.4 is 0 Å². The summed E-state index contributed by atoms with van der Waals surface area (Å²) in [5.41, 5.74) is 0.195. The smallest absolute Gasteiger partial charge is 0.320 e. The molecule has 2 aliphatic heterocycles. The van der Waals surface area contributed by atoms with Crippen LogP contribution >= 0.6 is 0 Å². The lowest BCUT2D eigenvalue weighted by molar-refractivity contribution is -0.139. The zero-order valence-electron chi connectivity index (χ0n) is 13.2. The number of ether oxygens (including phenoxy) is 1. The molecular weight excluding hydrogens is 272 g/mol. The van der Waals surface area contributed by atoms with Gasteiger partial charge in [0.15, 0.2) is 0 Å². The number of carbonyl (C=O) groups excluding carboxylic acids is 1. The molecule has 0 saturated carbocycles. The van der Waals surface area contributed by atoms with Crippen LogP contribution in [0, 0.1) is 11.3 Å². The largest absolute Gasteiger partial charge is 0.481 e. The maximum absolute atomic E-state index is 12.7. The van der Waals surface area contributed by atoms with Crippen molar-refractivity contribution < 1.29 is 19.4 Å². The summed E-state index contributed by atoms with van der Waals surface area (Å²) < 4.78 is 5.33. The van der Waals surface area contributed by atoms with Gasteiger partial charge in [-0.3, -0.25) is 4.79 Å². The van der Waals surface area contributed by atoms with E-state index in [0.29, 0.717) is 25.7 Å². The van der Waals surface area contributed by atoms with Gasteiger partial charge in [0.05, 0.1) is 25.7 Å². The third-order valence-corrected chi connectivity index (χ3v) is 4.57. The van der Waals surface area contributed by atoms with Gasteiger partial charge < -0.3 is 19.6 Å². The SMILES string of the molecule is CC(C)(C)C1CCN(C(=O)N2CCOCC2CC(=O)O)C1. The molecule has 2 atom stereocenters. The summed E-state index contributed by atoms with van der Waals surface area (Å²) in [5.74, 6) is -0.391. The van der Waals surface area contributed by atoms with Gasteiger partial charge in [0.25, 0.3) is 0 Å². The van der Waals surface area contributed by atoms with Crippen molar-refractivity contribution in [3.63, 3.8) is 0 Å². The summed E-state index contributed by atoms with van der Waals surface area (Å²) in [7, 11) is 0. The Morgan fingerprint density at radius 2 is 2.00 bits per heavy atom. The van der Waals surface area contributed by atoms with Crippen LogP contribution in [0.15, 0.2) is 0 Å². The van der Waals surface area contributed by atoms with Gasteiger partial charge in [-0.25, -0.2) is 4.79 Å². The molecule has 0 spiro atoms. The van der Waals surface area contributed by atoms with Crippen molar-refractivity contribution in [2.75, 3.05) is 32.8 Å². The number of amides is 2. The summed E-state index contributed by atoms with van der Waals surface area (Å²) >= 11 is 0. The number of nitrogens with zero attached hydrogens (tertiary/aromatic N) is 2. The van der Waals surface area contributed by atoms with Crippen molar-refractivity contribution >= 4 is 12.0 Å². The van der Waals surface area contributed by atoms with Gasteiger partial charge in [-0.1, -0.05) is 20.8 Å². The van der Waals surface area contributed by atoms with Crippen LogP contribution in [0.25, 0.3) is 0 Å². The normalized spacial score (nSPS) is 27.0.